The van der Waals surface area contributed by atoms with Crippen molar-refractivity contribution in [1.82, 2.24) is 10.2 Å². The lowest BCUT2D eigenvalue weighted by atomic mass is 10.0. The fourth-order valence-electron chi connectivity index (χ4n) is 3.06. The second kappa shape index (κ2) is 9.79. The molecule has 1 aliphatic heterocycles. The molecule has 1 saturated heterocycles. The van der Waals surface area contributed by atoms with Crippen LogP contribution < -0.4 is 5.32 Å². The van der Waals surface area contributed by atoms with Gasteiger partial charge in [-0.1, -0.05) is 17.6 Å². The zero-order valence-electron chi connectivity index (χ0n) is 16.7. The van der Waals surface area contributed by atoms with Gasteiger partial charge in [-0.3, -0.25) is 9.69 Å². The molecule has 0 amide bonds. The summed E-state index contributed by atoms with van der Waals surface area (Å²) >= 11 is 0. The van der Waals surface area contributed by atoms with Gasteiger partial charge in [0.25, 0.3) is 0 Å². The molecule has 1 aliphatic rings. The van der Waals surface area contributed by atoms with Crippen molar-refractivity contribution < 1.29 is 9.53 Å². The lowest BCUT2D eigenvalue weighted by molar-refractivity contribution is -0.162. The van der Waals surface area contributed by atoms with Crippen LogP contribution in [0.4, 0.5) is 0 Å². The molecular weight excluding hydrogens is 312 g/mol. The van der Waals surface area contributed by atoms with Crippen molar-refractivity contribution in [3.63, 3.8) is 0 Å². The number of piperazine rings is 1. The molecule has 140 valence electrons. The zero-order chi connectivity index (χ0) is 19.0. The minimum Gasteiger partial charge on any atom is -0.459 e. The highest BCUT2D eigenvalue weighted by Gasteiger charge is 2.32. The Balaban J connectivity index is 2.82. The first kappa shape index (κ1) is 21.5. The Kier molecular flexibility index (Phi) is 8.41. The predicted octanol–water partition coefficient (Wildman–Crippen LogP) is 3.30. The van der Waals surface area contributed by atoms with Crippen molar-refractivity contribution in [3.05, 3.63) is 23.3 Å². The molecule has 1 N–H and O–H groups in total. The van der Waals surface area contributed by atoms with Gasteiger partial charge in [-0.15, -0.1) is 6.42 Å². The van der Waals surface area contributed by atoms with E-state index in [1.54, 1.807) is 6.08 Å². The molecule has 2 atom stereocenters. The summed E-state index contributed by atoms with van der Waals surface area (Å²) in [5.74, 6) is 2.42. The van der Waals surface area contributed by atoms with Crippen molar-refractivity contribution in [3.8, 4) is 12.3 Å². The van der Waals surface area contributed by atoms with Gasteiger partial charge in [0, 0.05) is 25.7 Å². The zero-order valence-corrected chi connectivity index (χ0v) is 16.7. The summed E-state index contributed by atoms with van der Waals surface area (Å²) in [4.78, 5) is 15.0. The molecule has 4 heteroatoms. The topological polar surface area (TPSA) is 41.6 Å². The van der Waals surface area contributed by atoms with E-state index in [4.69, 9.17) is 11.2 Å². The van der Waals surface area contributed by atoms with E-state index in [1.165, 1.54) is 5.57 Å². The molecule has 0 spiro atoms. The minimum absolute atomic E-state index is 0.120. The van der Waals surface area contributed by atoms with Gasteiger partial charge in [0.1, 0.15) is 11.6 Å². The van der Waals surface area contributed by atoms with Gasteiger partial charge in [-0.2, -0.15) is 0 Å². The highest BCUT2D eigenvalue weighted by molar-refractivity contribution is 5.76. The molecule has 0 radical (unpaired) electrons. The van der Waals surface area contributed by atoms with E-state index in [1.807, 2.05) is 27.7 Å². The first-order chi connectivity index (χ1) is 11.6. The lowest BCUT2D eigenvalue weighted by Crippen LogP contribution is -2.55. The second-order valence-corrected chi connectivity index (χ2v) is 7.98. The first-order valence-electron chi connectivity index (χ1n) is 9.12. The molecular formula is C21H34N2O2. The predicted molar refractivity (Wildman–Crippen MR) is 104 cm³/mol. The van der Waals surface area contributed by atoms with Crippen molar-refractivity contribution in [2.45, 2.75) is 72.1 Å². The first-order valence-corrected chi connectivity index (χ1v) is 9.12. The number of nitrogens with one attached hydrogen (secondary N) is 1. The Bertz CT molecular complexity index is 549. The Hall–Kier alpha value is -1.57. The maximum absolute atomic E-state index is 12.8. The van der Waals surface area contributed by atoms with Crippen LogP contribution in [0, 0.1) is 12.3 Å². The third kappa shape index (κ3) is 8.38. The summed E-state index contributed by atoms with van der Waals surface area (Å²) < 4.78 is 5.68. The van der Waals surface area contributed by atoms with Gasteiger partial charge >= 0.3 is 5.97 Å². The Labute approximate surface area is 153 Å². The maximum Gasteiger partial charge on any atom is 0.323 e. The molecule has 0 aliphatic carbocycles. The van der Waals surface area contributed by atoms with Crippen LogP contribution in [0.1, 0.15) is 54.4 Å². The molecule has 0 saturated carbocycles. The lowest BCUT2D eigenvalue weighted by Gasteiger charge is -2.37. The summed E-state index contributed by atoms with van der Waals surface area (Å²) in [6, 6.07) is 0.181. The summed E-state index contributed by atoms with van der Waals surface area (Å²) in [5.41, 5.74) is 1.82. The highest BCUT2D eigenvalue weighted by atomic mass is 16.6. The number of carbonyl (C=O) groups is 1. The quantitative estimate of drug-likeness (QED) is 0.455. The molecule has 1 heterocycles. The molecule has 4 nitrogen and oxygen atoms in total. The number of hydrogen-bond donors (Lipinski definition) is 1. The van der Waals surface area contributed by atoms with Crippen LogP contribution in [-0.4, -0.2) is 48.2 Å². The summed E-state index contributed by atoms with van der Waals surface area (Å²) in [5, 5.41) is 3.43. The third-order valence-electron chi connectivity index (χ3n) is 4.12. The van der Waals surface area contributed by atoms with E-state index in [0.29, 0.717) is 6.04 Å². The van der Waals surface area contributed by atoms with Crippen molar-refractivity contribution in [1.29, 1.82) is 0 Å². The third-order valence-corrected chi connectivity index (χ3v) is 4.12. The Morgan fingerprint density at radius 1 is 1.44 bits per heavy atom. The van der Waals surface area contributed by atoms with Crippen LogP contribution in [0.25, 0.3) is 0 Å². The van der Waals surface area contributed by atoms with Gasteiger partial charge in [0.05, 0.1) is 0 Å². The Morgan fingerprint density at radius 2 is 2.12 bits per heavy atom. The van der Waals surface area contributed by atoms with Crippen molar-refractivity contribution in [2.75, 3.05) is 19.6 Å². The molecule has 0 aromatic rings. The molecule has 25 heavy (non-hydrogen) atoms. The van der Waals surface area contributed by atoms with E-state index in [9.17, 15) is 4.79 Å². The SMILES string of the molecule is C#C/C=C(C)\C=C(\C)CC[C@@H](C(=O)OC(C)(C)C)N1CCN[C@@H](C)C1. The average Bonchev–Trinajstić information content (AvgIpc) is 2.45. The number of carbonyl (C=O) groups excluding carboxylic acids is 1. The van der Waals surface area contributed by atoms with Crippen LogP contribution >= 0.6 is 0 Å². The van der Waals surface area contributed by atoms with Crippen molar-refractivity contribution >= 4 is 5.97 Å². The number of allylic oxidation sites excluding steroid dienone is 4. The summed E-state index contributed by atoms with van der Waals surface area (Å²) in [7, 11) is 0. The van der Waals surface area contributed by atoms with Gasteiger partial charge in [0.15, 0.2) is 0 Å². The smallest absolute Gasteiger partial charge is 0.323 e. The van der Waals surface area contributed by atoms with Crippen LogP contribution in [0.15, 0.2) is 23.3 Å². The molecule has 1 fully saturated rings. The van der Waals surface area contributed by atoms with Crippen LogP contribution in [-0.2, 0) is 9.53 Å². The number of esters is 1. The molecule has 0 bridgehead atoms. The van der Waals surface area contributed by atoms with Crippen LogP contribution in [0.5, 0.6) is 0 Å². The summed E-state index contributed by atoms with van der Waals surface area (Å²) in [6.45, 7) is 14.6. The van der Waals surface area contributed by atoms with E-state index < -0.39 is 5.60 Å². The monoisotopic (exact) mass is 346 g/mol. The minimum atomic E-state index is -0.466. The molecule has 0 aromatic heterocycles. The van der Waals surface area contributed by atoms with Gasteiger partial charge in [-0.05, 0) is 66.0 Å². The number of nitrogens with zero attached hydrogens (tertiary/aromatic N) is 1. The molecule has 1 rings (SSSR count). The normalized spacial score (nSPS) is 21.6. The number of terminal acetylenes is 1. The fourth-order valence-corrected chi connectivity index (χ4v) is 3.06. The molecule has 0 unspecified atom stereocenters. The van der Waals surface area contributed by atoms with E-state index in [-0.39, 0.29) is 12.0 Å². The average molecular weight is 347 g/mol. The van der Waals surface area contributed by atoms with E-state index in [2.05, 4.69) is 36.1 Å². The maximum atomic E-state index is 12.8. The summed E-state index contributed by atoms with van der Waals surface area (Å²) in [6.07, 6.45) is 10.8. The van der Waals surface area contributed by atoms with E-state index in [0.717, 1.165) is 38.0 Å². The van der Waals surface area contributed by atoms with Crippen LogP contribution in [0.2, 0.25) is 0 Å². The van der Waals surface area contributed by atoms with Gasteiger partial charge in [0.2, 0.25) is 0 Å². The van der Waals surface area contributed by atoms with E-state index >= 15 is 0 Å². The molecule has 0 aromatic carbocycles. The largest absolute Gasteiger partial charge is 0.459 e. The van der Waals surface area contributed by atoms with Gasteiger partial charge < -0.3 is 10.1 Å². The standard InChI is InChI=1S/C21H34N2O2/c1-8-9-16(2)14-17(3)10-11-19(20(24)25-21(5,6)7)23-13-12-22-18(4)15-23/h1,9,14,18-19,22H,10-13,15H2,2-7H3/b16-9-,17-14-/t18-,19-/m0/s1. The fraction of sp³-hybridized carbons (Fsp3) is 0.667. The van der Waals surface area contributed by atoms with Crippen molar-refractivity contribution in [2.24, 2.45) is 0 Å². The van der Waals surface area contributed by atoms with Crippen LogP contribution in [0.3, 0.4) is 0 Å². The number of rotatable bonds is 6. The Morgan fingerprint density at radius 3 is 2.68 bits per heavy atom. The number of hydrogen-bond acceptors (Lipinski definition) is 4. The highest BCUT2D eigenvalue weighted by Crippen LogP contribution is 2.19. The second-order valence-electron chi connectivity index (χ2n) is 7.98. The van der Waals surface area contributed by atoms with Gasteiger partial charge in [-0.25, -0.2) is 0 Å². The number of ether oxygens (including phenoxy) is 1.